The average Bonchev–Trinajstić information content (AvgIpc) is 1.69. The third-order valence-corrected chi connectivity index (χ3v) is 16.2. The number of Topliss-reactive ketones (excluding diaryl/α,β-unsaturated/α-hetero) is 2. The molecular formula is C72H83BrF6N12O10. The summed E-state index contributed by atoms with van der Waals surface area (Å²) in [6.45, 7) is 13.2. The van der Waals surface area contributed by atoms with Crippen molar-refractivity contribution in [3.8, 4) is 67.6 Å². The van der Waals surface area contributed by atoms with Crippen LogP contribution in [-0.4, -0.2) is 135 Å². The second-order valence-corrected chi connectivity index (χ2v) is 24.0. The molecule has 0 aliphatic rings. The number of fused-ring (bicyclic) bond motifs is 3. The van der Waals surface area contributed by atoms with Gasteiger partial charge in [0, 0.05) is 102 Å². The lowest BCUT2D eigenvalue weighted by Gasteiger charge is -2.18. The molecule has 29 heteroatoms. The lowest BCUT2D eigenvalue weighted by molar-refractivity contribution is -0.151. The highest BCUT2D eigenvalue weighted by molar-refractivity contribution is 9.10. The molecule has 0 saturated carbocycles. The first-order valence-electron chi connectivity index (χ1n) is 31.3. The van der Waals surface area contributed by atoms with E-state index in [9.17, 15) is 45.5 Å². The van der Waals surface area contributed by atoms with Crippen molar-refractivity contribution in [2.24, 2.45) is 23.7 Å². The number of alkyl halides is 6. The highest BCUT2D eigenvalue weighted by Crippen LogP contribution is 2.39. The summed E-state index contributed by atoms with van der Waals surface area (Å²) in [6, 6.07) is 18.1. The maximum atomic E-state index is 12.7. The van der Waals surface area contributed by atoms with Gasteiger partial charge in [0.1, 0.15) is 51.1 Å². The molecular weight excluding hydrogens is 1390 g/mol. The fourth-order valence-electron chi connectivity index (χ4n) is 10.5. The first-order chi connectivity index (χ1) is 47.2. The standard InChI is InChI=1S/C30H33F3N4O5.C18H22N4O2.C12H12BrF3O3.C10H8N4.2CH4/c1-6-42-29(39)22(18(2)3)17-36-16-21(14-35-36)19-8-10-37-23(15-34-27(37)13-19)20-11-25(40-4)28(26(12-20)41-5)24(38)7-9-30(31,32)33;1-4-24-18(23)16(13(2)3)12-22-11-15(10-20-22)14-5-7-21-8-6-19-17(21)9-14;1-18-9-5-7(13)6-10(19-2)11(9)8(17)3-4-12(14,15)16;1-3-14-4-2-11-10(14)5-8(1)9-6-12-13-7-9;;/h8,10-16,18,22H,6-7,9,17H2,1-5H3;5-11,13,16H,4,12H2,1-3H3;5-6H,3-4H2,1-2H3;1-7H,(H,12,13);2*1H4. The summed E-state index contributed by atoms with van der Waals surface area (Å²) in [5.41, 5.74) is 9.69. The van der Waals surface area contributed by atoms with E-state index in [0.29, 0.717) is 47.7 Å². The van der Waals surface area contributed by atoms with Gasteiger partial charge in [-0.3, -0.25) is 38.0 Å². The van der Waals surface area contributed by atoms with Gasteiger partial charge in [0.25, 0.3) is 0 Å². The Morgan fingerprint density at radius 1 is 0.515 bits per heavy atom. The minimum Gasteiger partial charge on any atom is -0.496 e. The number of aromatic amines is 1. The number of esters is 2. The van der Waals surface area contributed by atoms with Crippen LogP contribution in [0, 0.1) is 23.7 Å². The second-order valence-electron chi connectivity index (χ2n) is 23.1. The minimum atomic E-state index is -4.46. The summed E-state index contributed by atoms with van der Waals surface area (Å²) in [7, 11) is 5.36. The van der Waals surface area contributed by atoms with Gasteiger partial charge in [0.2, 0.25) is 0 Å². The number of ether oxygens (including phenoxy) is 6. The Kier molecular flexibility index (Phi) is 28.5. The zero-order valence-electron chi connectivity index (χ0n) is 56.0. The predicted molar refractivity (Wildman–Crippen MR) is 374 cm³/mol. The fraction of sp³-hybridized carbons (Fsp3) is 0.361. The summed E-state index contributed by atoms with van der Waals surface area (Å²) in [4.78, 5) is 62.1. The van der Waals surface area contributed by atoms with Gasteiger partial charge < -0.3 is 37.2 Å². The molecule has 0 aliphatic carbocycles. The lowest BCUT2D eigenvalue weighted by Crippen LogP contribution is -2.27. The van der Waals surface area contributed by atoms with Crippen molar-refractivity contribution < 1.29 is 73.9 Å². The molecule has 11 rings (SSSR count). The van der Waals surface area contributed by atoms with Crippen LogP contribution in [0.5, 0.6) is 23.0 Å². The van der Waals surface area contributed by atoms with Gasteiger partial charge in [-0.2, -0.15) is 41.6 Å². The molecule has 0 spiro atoms. The van der Waals surface area contributed by atoms with Crippen molar-refractivity contribution in [3.63, 3.8) is 0 Å². The number of imidazole rings is 3. The zero-order chi connectivity index (χ0) is 71.7. The van der Waals surface area contributed by atoms with Crippen molar-refractivity contribution in [2.75, 3.05) is 41.7 Å². The number of halogens is 7. The van der Waals surface area contributed by atoms with E-state index in [4.69, 9.17) is 28.4 Å². The van der Waals surface area contributed by atoms with Gasteiger partial charge in [0.05, 0.1) is 110 Å². The SMILES string of the molecule is C.C.CCOC(=O)C(Cn1cc(-c2ccn3c(-c4cc(OC)c(C(=O)CCC(F)(F)F)c(OC)c4)cnc3c2)cn1)C(C)C.CCOC(=O)C(Cn1cc(-c2ccn3ccnc3c2)cn1)C(C)C.COc1cc(Br)cc(OC)c1C(=O)CCC(F)(F)F.c1cn2ccc(-c3cn[nH]c3)cc2n1. The van der Waals surface area contributed by atoms with Gasteiger partial charge >= 0.3 is 24.3 Å². The largest absolute Gasteiger partial charge is 0.496 e. The van der Waals surface area contributed by atoms with Gasteiger partial charge in [-0.25, -0.2) is 15.0 Å². The number of methoxy groups -OCH3 is 4. The molecule has 1 N–H and O–H groups in total. The highest BCUT2D eigenvalue weighted by atomic mass is 79.9. The molecule has 0 aliphatic heterocycles. The Hall–Kier alpha value is -10.3. The number of benzene rings is 2. The molecule has 0 bridgehead atoms. The van der Waals surface area contributed by atoms with Crippen LogP contribution in [0.3, 0.4) is 0 Å². The summed E-state index contributed by atoms with van der Waals surface area (Å²) in [5, 5.41) is 15.6. The van der Waals surface area contributed by atoms with Crippen molar-refractivity contribution >= 4 is 56.4 Å². The van der Waals surface area contributed by atoms with Crippen LogP contribution in [0.25, 0.3) is 61.6 Å². The number of pyridine rings is 3. The molecule has 0 radical (unpaired) electrons. The van der Waals surface area contributed by atoms with Crippen LogP contribution in [0.4, 0.5) is 26.3 Å². The molecule has 2 unspecified atom stereocenters. The number of H-pyrrole nitrogens is 1. The number of hydrogen-bond acceptors (Lipinski definition) is 16. The third kappa shape index (κ3) is 21.1. The maximum Gasteiger partial charge on any atom is 0.389 e. The van der Waals surface area contributed by atoms with E-state index < -0.39 is 49.6 Å². The predicted octanol–water partition coefficient (Wildman–Crippen LogP) is 16.3. The molecule has 0 saturated heterocycles. The Balaban J connectivity index is 0.000000230. The smallest absolute Gasteiger partial charge is 0.389 e. The van der Waals surface area contributed by atoms with E-state index in [-0.39, 0.29) is 84.6 Å². The van der Waals surface area contributed by atoms with Gasteiger partial charge in [-0.05, 0) is 103 Å². The number of rotatable bonds is 24. The van der Waals surface area contributed by atoms with E-state index in [2.05, 4.69) is 51.3 Å². The fourth-order valence-corrected chi connectivity index (χ4v) is 10.9. The van der Waals surface area contributed by atoms with Crippen LogP contribution >= 0.6 is 15.9 Å². The third-order valence-electron chi connectivity index (χ3n) is 15.7. The van der Waals surface area contributed by atoms with Gasteiger partial charge in [0.15, 0.2) is 11.6 Å². The summed E-state index contributed by atoms with van der Waals surface area (Å²) in [5.74, 6) is -1.48. The first-order valence-corrected chi connectivity index (χ1v) is 32.1. The quantitative estimate of drug-likeness (QED) is 0.0336. The molecule has 540 valence electrons. The maximum absolute atomic E-state index is 12.7. The number of carbonyl (C=O) groups excluding carboxylic acids is 4. The van der Waals surface area contributed by atoms with Crippen molar-refractivity contribution in [2.45, 2.75) is 108 Å². The van der Waals surface area contributed by atoms with Crippen LogP contribution in [0.15, 0.2) is 152 Å². The number of carbonyl (C=O) groups is 4. The monoisotopic (exact) mass is 1470 g/mol. The number of nitrogens with one attached hydrogen (secondary N) is 1. The van der Waals surface area contributed by atoms with E-state index >= 15 is 0 Å². The molecule has 2 atom stereocenters. The minimum absolute atomic E-state index is 0. The number of hydrogen-bond donors (Lipinski definition) is 1. The second kappa shape index (κ2) is 36.1. The van der Waals surface area contributed by atoms with Crippen molar-refractivity contribution in [3.05, 3.63) is 163 Å². The molecule has 101 heavy (non-hydrogen) atoms. The molecule has 11 aromatic rings. The summed E-state index contributed by atoms with van der Waals surface area (Å²) < 4.78 is 116. The summed E-state index contributed by atoms with van der Waals surface area (Å²) >= 11 is 3.20. The van der Waals surface area contributed by atoms with E-state index in [0.717, 1.165) is 44.7 Å². The average molecular weight is 1470 g/mol. The Morgan fingerprint density at radius 2 is 0.931 bits per heavy atom. The van der Waals surface area contributed by atoms with Crippen molar-refractivity contribution in [1.82, 2.24) is 57.9 Å². The van der Waals surface area contributed by atoms with Crippen LogP contribution in [0.2, 0.25) is 0 Å². The Bertz CT molecular complexity index is 4470. The molecule has 0 fully saturated rings. The first kappa shape index (κ1) is 79.7. The molecule has 0 amide bonds. The summed E-state index contributed by atoms with van der Waals surface area (Å²) in [6.07, 6.45) is 13.3. The van der Waals surface area contributed by atoms with Gasteiger partial charge in [-0.15, -0.1) is 0 Å². The van der Waals surface area contributed by atoms with Crippen LogP contribution < -0.4 is 18.9 Å². The van der Waals surface area contributed by atoms with Crippen molar-refractivity contribution in [1.29, 1.82) is 0 Å². The van der Waals surface area contributed by atoms with Crippen LogP contribution in [0.1, 0.15) is 103 Å². The molecule has 2 aromatic carbocycles. The normalized spacial score (nSPS) is 11.8. The van der Waals surface area contributed by atoms with Gasteiger partial charge in [-0.1, -0.05) is 58.5 Å². The highest BCUT2D eigenvalue weighted by Gasteiger charge is 2.32. The topological polar surface area (TPSA) is 240 Å². The zero-order valence-corrected chi connectivity index (χ0v) is 57.6. The lowest BCUT2D eigenvalue weighted by atomic mass is 9.96. The molecule has 22 nitrogen and oxygen atoms in total. The molecule has 9 aromatic heterocycles. The van der Waals surface area contributed by atoms with E-state index in [1.165, 1.54) is 40.6 Å². The van der Waals surface area contributed by atoms with Crippen LogP contribution in [-0.2, 0) is 32.2 Å². The number of ketones is 2. The Labute approximate surface area is 589 Å². The Morgan fingerprint density at radius 3 is 1.33 bits per heavy atom. The number of aromatic nitrogens is 12. The number of nitrogens with zero attached hydrogens (tertiary/aromatic N) is 11. The van der Waals surface area contributed by atoms with E-state index in [1.807, 2.05) is 145 Å². The molecule has 9 heterocycles. The van der Waals surface area contributed by atoms with E-state index in [1.54, 1.807) is 54.7 Å².